The van der Waals surface area contributed by atoms with E-state index in [-0.39, 0.29) is 11.9 Å². The maximum atomic E-state index is 12.3. The molecule has 20 heavy (non-hydrogen) atoms. The van der Waals surface area contributed by atoms with Gasteiger partial charge >= 0.3 is 0 Å². The van der Waals surface area contributed by atoms with Gasteiger partial charge in [-0.1, -0.05) is 24.4 Å². The van der Waals surface area contributed by atoms with Crippen LogP contribution in [0.2, 0.25) is 5.02 Å². The first kappa shape index (κ1) is 14.4. The number of hydrogen-bond donors (Lipinski definition) is 2. The number of fused-ring (bicyclic) bond motifs is 1. The van der Waals surface area contributed by atoms with Gasteiger partial charge in [0.1, 0.15) is 0 Å². The molecule has 0 aromatic heterocycles. The summed E-state index contributed by atoms with van der Waals surface area (Å²) in [6.45, 7) is 0. The fourth-order valence-corrected chi connectivity index (χ4v) is 3.75. The molecule has 5 heteroatoms. The molecule has 0 radical (unpaired) electrons. The summed E-state index contributed by atoms with van der Waals surface area (Å²) in [4.78, 5) is 12.3. The Hall–Kier alpha value is -0.580. The van der Waals surface area contributed by atoms with E-state index in [0.717, 1.165) is 16.6 Å². The fraction of sp³-hybridized carbons (Fsp3) is 0.533. The Morgan fingerprint density at radius 2 is 2.15 bits per heavy atom. The van der Waals surface area contributed by atoms with Crippen molar-refractivity contribution >= 4 is 39.1 Å². The minimum Gasteiger partial charge on any atom is -0.325 e. The Labute approximate surface area is 132 Å². The SMILES string of the molecule is O=C(Nc1ccc(Br)c(Cl)c1)C1CC2CCCCC2N1. The van der Waals surface area contributed by atoms with Crippen molar-refractivity contribution in [1.29, 1.82) is 0 Å². The number of carbonyl (C=O) groups excluding carboxylic acids is 1. The monoisotopic (exact) mass is 356 g/mol. The first-order valence-corrected chi connectivity index (χ1v) is 8.32. The molecule has 3 rings (SSSR count). The van der Waals surface area contributed by atoms with E-state index in [1.165, 1.54) is 25.7 Å². The summed E-state index contributed by atoms with van der Waals surface area (Å²) < 4.78 is 0.835. The highest BCUT2D eigenvalue weighted by Crippen LogP contribution is 2.33. The number of halogens is 2. The van der Waals surface area contributed by atoms with Crippen molar-refractivity contribution in [3.8, 4) is 0 Å². The van der Waals surface area contributed by atoms with Crippen LogP contribution in [0.5, 0.6) is 0 Å². The topological polar surface area (TPSA) is 41.1 Å². The zero-order chi connectivity index (χ0) is 14.1. The summed E-state index contributed by atoms with van der Waals surface area (Å²) in [5, 5.41) is 7.05. The van der Waals surface area contributed by atoms with Crippen LogP contribution in [0.3, 0.4) is 0 Å². The molecule has 1 saturated carbocycles. The van der Waals surface area contributed by atoms with Gasteiger partial charge in [-0.3, -0.25) is 4.79 Å². The quantitative estimate of drug-likeness (QED) is 0.841. The molecule has 2 N–H and O–H groups in total. The molecule has 3 nitrogen and oxygen atoms in total. The Balaban J connectivity index is 1.63. The van der Waals surface area contributed by atoms with Gasteiger partial charge in [-0.2, -0.15) is 0 Å². The molecule has 108 valence electrons. The molecule has 1 aliphatic carbocycles. The van der Waals surface area contributed by atoms with Crippen molar-refractivity contribution in [3.63, 3.8) is 0 Å². The molecule has 1 aliphatic heterocycles. The highest BCUT2D eigenvalue weighted by atomic mass is 79.9. The predicted molar refractivity (Wildman–Crippen MR) is 85.1 cm³/mol. The lowest BCUT2D eigenvalue weighted by atomic mass is 9.85. The van der Waals surface area contributed by atoms with Crippen molar-refractivity contribution in [2.24, 2.45) is 5.92 Å². The number of benzene rings is 1. The summed E-state index contributed by atoms with van der Waals surface area (Å²) in [5.74, 6) is 0.728. The lowest BCUT2D eigenvalue weighted by molar-refractivity contribution is -0.117. The minimum absolute atomic E-state index is 0.0535. The van der Waals surface area contributed by atoms with Crippen molar-refractivity contribution < 1.29 is 4.79 Å². The molecule has 1 heterocycles. The lowest BCUT2D eigenvalue weighted by Crippen LogP contribution is -2.39. The molecule has 1 saturated heterocycles. The standard InChI is InChI=1S/C15H18BrClN2O/c16-11-6-5-10(8-12(11)17)18-15(20)14-7-9-3-1-2-4-13(9)19-14/h5-6,8-9,13-14,19H,1-4,7H2,(H,18,20). The van der Waals surface area contributed by atoms with Gasteiger partial charge in [0.25, 0.3) is 0 Å². The van der Waals surface area contributed by atoms with E-state index in [0.29, 0.717) is 17.0 Å². The zero-order valence-corrected chi connectivity index (χ0v) is 13.5. The van der Waals surface area contributed by atoms with Gasteiger partial charge in [-0.15, -0.1) is 0 Å². The Morgan fingerprint density at radius 3 is 2.90 bits per heavy atom. The number of amides is 1. The summed E-state index contributed by atoms with van der Waals surface area (Å²) in [6.07, 6.45) is 6.01. The minimum atomic E-state index is -0.0643. The van der Waals surface area contributed by atoms with E-state index >= 15 is 0 Å². The van der Waals surface area contributed by atoms with Crippen molar-refractivity contribution in [2.45, 2.75) is 44.2 Å². The van der Waals surface area contributed by atoms with E-state index in [2.05, 4.69) is 26.6 Å². The third-order valence-corrected chi connectivity index (χ3v) is 5.60. The van der Waals surface area contributed by atoms with E-state index in [9.17, 15) is 4.79 Å². The molecule has 3 atom stereocenters. The van der Waals surface area contributed by atoms with Crippen LogP contribution in [0.4, 0.5) is 5.69 Å². The number of carbonyl (C=O) groups is 1. The number of anilines is 1. The maximum absolute atomic E-state index is 12.3. The molecule has 2 fully saturated rings. The smallest absolute Gasteiger partial charge is 0.241 e. The summed E-state index contributed by atoms with van der Waals surface area (Å²) >= 11 is 9.39. The van der Waals surface area contributed by atoms with Crippen LogP contribution in [0, 0.1) is 5.92 Å². The molecular formula is C15H18BrClN2O. The van der Waals surface area contributed by atoms with Crippen LogP contribution < -0.4 is 10.6 Å². The van der Waals surface area contributed by atoms with Crippen LogP contribution in [0.1, 0.15) is 32.1 Å². The molecule has 2 aliphatic rings. The highest BCUT2D eigenvalue weighted by Gasteiger charge is 2.38. The van der Waals surface area contributed by atoms with Crippen LogP contribution in [-0.2, 0) is 4.79 Å². The van der Waals surface area contributed by atoms with Gasteiger partial charge in [0, 0.05) is 16.2 Å². The van der Waals surface area contributed by atoms with Crippen LogP contribution in [-0.4, -0.2) is 18.0 Å². The number of hydrogen-bond acceptors (Lipinski definition) is 2. The number of nitrogens with one attached hydrogen (secondary N) is 2. The zero-order valence-electron chi connectivity index (χ0n) is 11.2. The fourth-order valence-electron chi connectivity index (χ4n) is 3.32. The van der Waals surface area contributed by atoms with Crippen LogP contribution in [0.25, 0.3) is 0 Å². The van der Waals surface area contributed by atoms with Gasteiger partial charge in [-0.25, -0.2) is 0 Å². The lowest BCUT2D eigenvalue weighted by Gasteiger charge is -2.24. The maximum Gasteiger partial charge on any atom is 0.241 e. The van der Waals surface area contributed by atoms with Crippen molar-refractivity contribution in [3.05, 3.63) is 27.7 Å². The number of rotatable bonds is 2. The molecule has 0 spiro atoms. The van der Waals surface area contributed by atoms with E-state index in [1.807, 2.05) is 12.1 Å². The Bertz CT molecular complexity index is 509. The Kier molecular flexibility index (Phi) is 4.34. The van der Waals surface area contributed by atoms with Crippen molar-refractivity contribution in [2.75, 3.05) is 5.32 Å². The van der Waals surface area contributed by atoms with Crippen LogP contribution in [0.15, 0.2) is 22.7 Å². The third kappa shape index (κ3) is 3.02. The van der Waals surface area contributed by atoms with E-state index < -0.39 is 0 Å². The van der Waals surface area contributed by atoms with Crippen LogP contribution >= 0.6 is 27.5 Å². The molecular weight excluding hydrogens is 340 g/mol. The predicted octanol–water partition coefficient (Wildman–Crippen LogP) is 3.96. The first-order chi connectivity index (χ1) is 9.63. The molecule has 1 aromatic carbocycles. The first-order valence-electron chi connectivity index (χ1n) is 7.15. The average Bonchev–Trinajstić information content (AvgIpc) is 2.87. The van der Waals surface area contributed by atoms with Crippen molar-refractivity contribution in [1.82, 2.24) is 5.32 Å². The second-order valence-electron chi connectivity index (χ2n) is 5.72. The summed E-state index contributed by atoms with van der Waals surface area (Å²) in [5.41, 5.74) is 0.750. The average molecular weight is 358 g/mol. The van der Waals surface area contributed by atoms with Gasteiger partial charge in [-0.05, 0) is 59.3 Å². The largest absolute Gasteiger partial charge is 0.325 e. The van der Waals surface area contributed by atoms with Gasteiger partial charge in [0.2, 0.25) is 5.91 Å². The van der Waals surface area contributed by atoms with Gasteiger partial charge in [0.05, 0.1) is 11.1 Å². The normalized spacial score (nSPS) is 29.0. The van der Waals surface area contributed by atoms with E-state index in [4.69, 9.17) is 11.6 Å². The van der Waals surface area contributed by atoms with Gasteiger partial charge in [0.15, 0.2) is 0 Å². The molecule has 1 amide bonds. The second kappa shape index (κ2) is 6.04. The molecule has 3 unspecified atom stereocenters. The highest BCUT2D eigenvalue weighted by molar-refractivity contribution is 9.10. The van der Waals surface area contributed by atoms with E-state index in [1.54, 1.807) is 6.07 Å². The summed E-state index contributed by atoms with van der Waals surface area (Å²) in [6, 6.07) is 5.94. The molecule has 1 aromatic rings. The summed E-state index contributed by atoms with van der Waals surface area (Å²) in [7, 11) is 0. The van der Waals surface area contributed by atoms with Gasteiger partial charge < -0.3 is 10.6 Å². The Morgan fingerprint density at radius 1 is 1.35 bits per heavy atom. The second-order valence-corrected chi connectivity index (χ2v) is 6.99. The molecule has 0 bridgehead atoms. The third-order valence-electron chi connectivity index (χ3n) is 4.37.